The molecule has 0 amide bonds. The second-order valence-electron chi connectivity index (χ2n) is 5.73. The molecule has 0 unspecified atom stereocenters. The van der Waals surface area contributed by atoms with E-state index in [0.717, 1.165) is 34.4 Å². The molecular formula is C20H23N5O10. The van der Waals surface area contributed by atoms with E-state index in [4.69, 9.17) is 28.6 Å². The molecule has 1 rings (SSSR count). The fourth-order valence-corrected chi connectivity index (χ4v) is 1.91. The molecule has 0 aromatic carbocycles. The maximum absolute atomic E-state index is 11.8. The molecule has 15 heteroatoms. The summed E-state index contributed by atoms with van der Waals surface area (Å²) in [6.45, 7) is 12.3. The summed E-state index contributed by atoms with van der Waals surface area (Å²) in [5.74, 6) is -5.18. The SMILES string of the molecule is C=CC(=O)OC(OC(=O)C=C)c1nc(N(COC)OC(=O)C=C)nc(N(COC)OC(=O)C=C)n1. The minimum absolute atomic E-state index is 0.400. The van der Waals surface area contributed by atoms with Gasteiger partial charge in [0.25, 0.3) is 11.9 Å². The number of hydrogen-bond acceptors (Lipinski definition) is 15. The fraction of sp³-hybridized carbons (Fsp3) is 0.250. The van der Waals surface area contributed by atoms with Crippen molar-refractivity contribution in [1.29, 1.82) is 0 Å². The van der Waals surface area contributed by atoms with E-state index in [1.807, 2.05) is 0 Å². The molecule has 0 bridgehead atoms. The average Bonchev–Trinajstić information content (AvgIpc) is 2.86. The Morgan fingerprint density at radius 1 is 0.714 bits per heavy atom. The summed E-state index contributed by atoms with van der Waals surface area (Å²) in [4.78, 5) is 69.4. The molecule has 0 spiro atoms. The van der Waals surface area contributed by atoms with Gasteiger partial charge in [0.05, 0.1) is 0 Å². The lowest BCUT2D eigenvalue weighted by molar-refractivity contribution is -0.184. The topological polar surface area (TPSA) is 169 Å². The first-order valence-electron chi connectivity index (χ1n) is 9.36. The van der Waals surface area contributed by atoms with Crippen LogP contribution in [-0.4, -0.2) is 66.5 Å². The molecule has 15 nitrogen and oxygen atoms in total. The minimum Gasteiger partial charge on any atom is -0.414 e. The Bertz CT molecular complexity index is 911. The highest BCUT2D eigenvalue weighted by atomic mass is 16.7. The van der Waals surface area contributed by atoms with Gasteiger partial charge in [-0.3, -0.25) is 0 Å². The van der Waals surface area contributed by atoms with Crippen LogP contribution in [-0.2, 0) is 47.8 Å². The zero-order valence-corrected chi connectivity index (χ0v) is 18.9. The number of ether oxygens (including phenoxy) is 4. The van der Waals surface area contributed by atoms with Crippen LogP contribution in [0.3, 0.4) is 0 Å². The third-order valence-corrected chi connectivity index (χ3v) is 3.29. The van der Waals surface area contributed by atoms with Gasteiger partial charge in [-0.2, -0.15) is 15.0 Å². The van der Waals surface area contributed by atoms with Gasteiger partial charge in [-0.1, -0.05) is 26.3 Å². The zero-order valence-electron chi connectivity index (χ0n) is 18.9. The monoisotopic (exact) mass is 493 g/mol. The zero-order chi connectivity index (χ0) is 26.4. The Kier molecular flexibility index (Phi) is 11.8. The second-order valence-corrected chi connectivity index (χ2v) is 5.73. The number of hydroxylamine groups is 2. The Hall–Kier alpha value is -4.63. The van der Waals surface area contributed by atoms with E-state index in [0.29, 0.717) is 0 Å². The molecule has 0 radical (unpaired) electrons. The lowest BCUT2D eigenvalue weighted by Gasteiger charge is -2.24. The van der Waals surface area contributed by atoms with E-state index in [1.165, 1.54) is 14.2 Å². The fourth-order valence-electron chi connectivity index (χ4n) is 1.91. The van der Waals surface area contributed by atoms with Gasteiger partial charge in [-0.25, -0.2) is 19.2 Å². The minimum atomic E-state index is -1.86. The van der Waals surface area contributed by atoms with Crippen molar-refractivity contribution in [3.8, 4) is 0 Å². The van der Waals surface area contributed by atoms with E-state index in [-0.39, 0.29) is 0 Å². The molecule has 0 aliphatic carbocycles. The lowest BCUT2D eigenvalue weighted by atomic mass is 10.5. The second kappa shape index (κ2) is 14.5. The van der Waals surface area contributed by atoms with Crippen LogP contribution < -0.4 is 10.1 Å². The molecule has 0 N–H and O–H groups in total. The normalized spacial score (nSPS) is 9.91. The summed E-state index contributed by atoms with van der Waals surface area (Å²) >= 11 is 0. The molecule has 188 valence electrons. The molecular weight excluding hydrogens is 470 g/mol. The smallest absolute Gasteiger partial charge is 0.355 e. The molecule has 1 aromatic heterocycles. The van der Waals surface area contributed by atoms with E-state index in [2.05, 4.69) is 41.3 Å². The Balaban J connectivity index is 3.73. The number of methoxy groups -OCH3 is 2. The third kappa shape index (κ3) is 9.03. The largest absolute Gasteiger partial charge is 0.414 e. The van der Waals surface area contributed by atoms with Crippen molar-refractivity contribution in [3.63, 3.8) is 0 Å². The number of nitrogens with zero attached hydrogens (tertiary/aromatic N) is 5. The first-order valence-corrected chi connectivity index (χ1v) is 9.36. The van der Waals surface area contributed by atoms with Crippen LogP contribution in [0.15, 0.2) is 50.6 Å². The van der Waals surface area contributed by atoms with Crippen LogP contribution in [0.4, 0.5) is 11.9 Å². The average molecular weight is 493 g/mol. The van der Waals surface area contributed by atoms with Crippen molar-refractivity contribution in [2.24, 2.45) is 0 Å². The van der Waals surface area contributed by atoms with Gasteiger partial charge in [0.1, 0.15) is 0 Å². The molecule has 0 aliphatic heterocycles. The molecule has 0 fully saturated rings. The van der Waals surface area contributed by atoms with Crippen molar-refractivity contribution < 1.29 is 47.8 Å². The summed E-state index contributed by atoms with van der Waals surface area (Å²) in [5.41, 5.74) is 0. The van der Waals surface area contributed by atoms with Crippen molar-refractivity contribution in [2.45, 2.75) is 6.29 Å². The predicted octanol–water partition coefficient (Wildman–Crippen LogP) is 0.438. The summed E-state index contributed by atoms with van der Waals surface area (Å²) in [6, 6.07) is 0. The van der Waals surface area contributed by atoms with Crippen LogP contribution in [0.25, 0.3) is 0 Å². The van der Waals surface area contributed by atoms with Gasteiger partial charge in [0.15, 0.2) is 13.5 Å². The quantitative estimate of drug-likeness (QED) is 0.143. The van der Waals surface area contributed by atoms with Gasteiger partial charge >= 0.3 is 30.2 Å². The number of rotatable bonds is 15. The van der Waals surface area contributed by atoms with Crippen LogP contribution in [0.2, 0.25) is 0 Å². The van der Waals surface area contributed by atoms with Crippen LogP contribution in [0.5, 0.6) is 0 Å². The standard InChI is InChI=1S/C20H23N5O10/c1-7-13(26)32-18(33-14(27)8-2)17-21-19(24(11-30-5)34-15(28)9-3)23-20(22-17)25(12-31-6)35-16(29)10-4/h7-10,18H,1-4,11-12H2,5-6H3. The first-order chi connectivity index (χ1) is 16.7. The molecule has 0 saturated carbocycles. The predicted molar refractivity (Wildman–Crippen MR) is 116 cm³/mol. The number of hydrogen-bond donors (Lipinski definition) is 0. The van der Waals surface area contributed by atoms with Gasteiger partial charge < -0.3 is 28.6 Å². The third-order valence-electron chi connectivity index (χ3n) is 3.29. The number of esters is 2. The molecule has 1 aromatic rings. The Morgan fingerprint density at radius 2 is 1.09 bits per heavy atom. The maximum Gasteiger partial charge on any atom is 0.355 e. The van der Waals surface area contributed by atoms with E-state index in [1.54, 1.807) is 0 Å². The summed E-state index contributed by atoms with van der Waals surface area (Å²) in [7, 11) is 2.56. The number of anilines is 2. The molecule has 35 heavy (non-hydrogen) atoms. The van der Waals surface area contributed by atoms with Crippen molar-refractivity contribution >= 4 is 35.8 Å². The van der Waals surface area contributed by atoms with Crippen molar-refractivity contribution in [2.75, 3.05) is 37.8 Å². The number of carbonyl (C=O) groups is 4. The highest BCUT2D eigenvalue weighted by Crippen LogP contribution is 2.23. The van der Waals surface area contributed by atoms with Gasteiger partial charge in [0.2, 0.25) is 5.82 Å². The van der Waals surface area contributed by atoms with Crippen LogP contribution in [0.1, 0.15) is 12.1 Å². The molecule has 1 heterocycles. The molecule has 0 atom stereocenters. The Labute approximate surface area is 199 Å². The van der Waals surface area contributed by atoms with E-state index >= 15 is 0 Å². The maximum atomic E-state index is 11.8. The van der Waals surface area contributed by atoms with Crippen LogP contribution in [0, 0.1) is 0 Å². The van der Waals surface area contributed by atoms with Gasteiger partial charge in [0, 0.05) is 38.5 Å². The Morgan fingerprint density at radius 3 is 1.40 bits per heavy atom. The summed E-state index contributed by atoms with van der Waals surface area (Å²) < 4.78 is 20.0. The molecule has 0 saturated heterocycles. The van der Waals surface area contributed by atoms with E-state index in [9.17, 15) is 19.2 Å². The summed E-state index contributed by atoms with van der Waals surface area (Å²) in [6.07, 6.45) is 1.45. The number of carbonyl (C=O) groups excluding carboxylic acids is 4. The highest BCUT2D eigenvalue weighted by Gasteiger charge is 2.29. The molecule has 0 aliphatic rings. The van der Waals surface area contributed by atoms with Crippen molar-refractivity contribution in [3.05, 3.63) is 56.4 Å². The number of aromatic nitrogens is 3. The van der Waals surface area contributed by atoms with Gasteiger partial charge in [-0.05, 0) is 0 Å². The van der Waals surface area contributed by atoms with Crippen molar-refractivity contribution in [1.82, 2.24) is 15.0 Å². The summed E-state index contributed by atoms with van der Waals surface area (Å²) in [5, 5.41) is 1.53. The first kappa shape index (κ1) is 28.4. The van der Waals surface area contributed by atoms with Gasteiger partial charge in [-0.15, -0.1) is 10.1 Å². The lowest BCUT2D eigenvalue weighted by Crippen LogP contribution is -2.34. The highest BCUT2D eigenvalue weighted by molar-refractivity contribution is 5.83. The van der Waals surface area contributed by atoms with E-state index < -0.39 is 61.3 Å². The van der Waals surface area contributed by atoms with Crippen LogP contribution >= 0.6 is 0 Å².